The molecule has 0 atom stereocenters. The van der Waals surface area contributed by atoms with Crippen molar-refractivity contribution in [2.45, 2.75) is 6.61 Å². The standard InChI is InChI=1S/C11H8BrNO2S/c12-9-1-2-10(8(5-9)6-14)15-7-11-13-3-4-16-11/h1-6H,7H2. The van der Waals surface area contributed by atoms with E-state index in [1.165, 1.54) is 11.3 Å². The van der Waals surface area contributed by atoms with E-state index in [-0.39, 0.29) is 0 Å². The summed E-state index contributed by atoms with van der Waals surface area (Å²) in [5.41, 5.74) is 0.533. The van der Waals surface area contributed by atoms with Crippen LogP contribution in [0, 0.1) is 0 Å². The van der Waals surface area contributed by atoms with Crippen LogP contribution in [0.5, 0.6) is 5.75 Å². The predicted molar refractivity (Wildman–Crippen MR) is 66.0 cm³/mol. The first-order valence-electron chi connectivity index (χ1n) is 4.55. The third-order valence-corrected chi connectivity index (χ3v) is 3.18. The zero-order chi connectivity index (χ0) is 11.4. The summed E-state index contributed by atoms with van der Waals surface area (Å²) in [6.45, 7) is 0.389. The van der Waals surface area contributed by atoms with Crippen LogP contribution in [0.3, 0.4) is 0 Å². The molecule has 0 aliphatic carbocycles. The first kappa shape index (κ1) is 11.3. The summed E-state index contributed by atoms with van der Waals surface area (Å²) in [6.07, 6.45) is 2.51. The Balaban J connectivity index is 2.12. The Morgan fingerprint density at radius 1 is 1.50 bits per heavy atom. The van der Waals surface area contributed by atoms with Crippen molar-refractivity contribution in [1.82, 2.24) is 4.98 Å². The van der Waals surface area contributed by atoms with Gasteiger partial charge in [0.15, 0.2) is 6.29 Å². The van der Waals surface area contributed by atoms with Crippen LogP contribution in [0.1, 0.15) is 15.4 Å². The molecule has 0 spiro atoms. The molecular formula is C11H8BrNO2S. The lowest BCUT2D eigenvalue weighted by Gasteiger charge is -2.06. The fraction of sp³-hybridized carbons (Fsp3) is 0.0909. The Kier molecular flexibility index (Phi) is 3.69. The van der Waals surface area contributed by atoms with Gasteiger partial charge in [0, 0.05) is 16.0 Å². The molecule has 3 nitrogen and oxygen atoms in total. The largest absolute Gasteiger partial charge is 0.486 e. The monoisotopic (exact) mass is 297 g/mol. The Labute approximate surface area is 105 Å². The maximum Gasteiger partial charge on any atom is 0.153 e. The van der Waals surface area contributed by atoms with E-state index in [0.717, 1.165) is 15.8 Å². The molecule has 0 saturated heterocycles. The minimum absolute atomic E-state index is 0.389. The van der Waals surface area contributed by atoms with Gasteiger partial charge in [-0.15, -0.1) is 11.3 Å². The molecule has 1 aromatic carbocycles. The fourth-order valence-corrected chi connectivity index (χ4v) is 2.11. The first-order valence-corrected chi connectivity index (χ1v) is 6.23. The lowest BCUT2D eigenvalue weighted by molar-refractivity contribution is 0.111. The number of ether oxygens (including phenoxy) is 1. The molecule has 0 amide bonds. The average Bonchev–Trinajstić information content (AvgIpc) is 2.80. The summed E-state index contributed by atoms with van der Waals surface area (Å²) in [5, 5.41) is 2.78. The molecular weight excluding hydrogens is 290 g/mol. The Morgan fingerprint density at radius 3 is 3.06 bits per heavy atom. The van der Waals surface area contributed by atoms with Gasteiger partial charge in [-0.25, -0.2) is 4.98 Å². The van der Waals surface area contributed by atoms with Crippen molar-refractivity contribution in [3.8, 4) is 5.75 Å². The van der Waals surface area contributed by atoms with Gasteiger partial charge in [-0.2, -0.15) is 0 Å². The van der Waals surface area contributed by atoms with E-state index >= 15 is 0 Å². The second kappa shape index (κ2) is 5.23. The topological polar surface area (TPSA) is 39.2 Å². The minimum atomic E-state index is 0.389. The summed E-state index contributed by atoms with van der Waals surface area (Å²) in [5.74, 6) is 0.577. The van der Waals surface area contributed by atoms with Gasteiger partial charge in [0.2, 0.25) is 0 Å². The van der Waals surface area contributed by atoms with Gasteiger partial charge in [-0.3, -0.25) is 4.79 Å². The lowest BCUT2D eigenvalue weighted by Crippen LogP contribution is -1.97. The van der Waals surface area contributed by atoms with E-state index in [1.54, 1.807) is 18.3 Å². The highest BCUT2D eigenvalue weighted by Gasteiger charge is 2.04. The van der Waals surface area contributed by atoms with Crippen molar-refractivity contribution < 1.29 is 9.53 Å². The molecule has 16 heavy (non-hydrogen) atoms. The van der Waals surface area contributed by atoms with E-state index in [9.17, 15) is 4.79 Å². The van der Waals surface area contributed by atoms with Crippen LogP contribution in [0.4, 0.5) is 0 Å². The number of carbonyl (C=O) groups is 1. The number of thiazole rings is 1. The average molecular weight is 298 g/mol. The second-order valence-electron chi connectivity index (χ2n) is 3.01. The van der Waals surface area contributed by atoms with Gasteiger partial charge >= 0.3 is 0 Å². The van der Waals surface area contributed by atoms with E-state index in [4.69, 9.17) is 4.74 Å². The molecule has 0 unspecified atom stereocenters. The highest BCUT2D eigenvalue weighted by Crippen LogP contribution is 2.22. The molecule has 0 saturated carbocycles. The molecule has 0 radical (unpaired) electrons. The molecule has 2 rings (SSSR count). The summed E-state index contributed by atoms with van der Waals surface area (Å²) in [6, 6.07) is 5.33. The summed E-state index contributed by atoms with van der Waals surface area (Å²) in [7, 11) is 0. The van der Waals surface area contributed by atoms with Crippen molar-refractivity contribution in [1.29, 1.82) is 0 Å². The van der Waals surface area contributed by atoms with Gasteiger partial charge in [0.1, 0.15) is 17.4 Å². The number of carbonyl (C=O) groups excluding carboxylic acids is 1. The summed E-state index contributed by atoms with van der Waals surface area (Å²) >= 11 is 4.83. The summed E-state index contributed by atoms with van der Waals surface area (Å²) in [4.78, 5) is 14.9. The molecule has 0 bridgehead atoms. The molecule has 1 heterocycles. The van der Waals surface area contributed by atoms with Crippen molar-refractivity contribution in [3.63, 3.8) is 0 Å². The van der Waals surface area contributed by atoms with Crippen LogP contribution in [0.25, 0.3) is 0 Å². The fourth-order valence-electron chi connectivity index (χ4n) is 1.21. The number of aromatic nitrogens is 1. The number of halogens is 1. The molecule has 0 aliphatic rings. The van der Waals surface area contributed by atoms with Crippen molar-refractivity contribution in [2.75, 3.05) is 0 Å². The van der Waals surface area contributed by atoms with Gasteiger partial charge < -0.3 is 4.74 Å². The molecule has 5 heteroatoms. The Hall–Kier alpha value is -1.20. The van der Waals surface area contributed by atoms with Gasteiger partial charge in [-0.1, -0.05) is 15.9 Å². The number of aldehydes is 1. The molecule has 2 aromatic rings. The van der Waals surface area contributed by atoms with Crippen LogP contribution < -0.4 is 4.74 Å². The maximum absolute atomic E-state index is 10.8. The van der Waals surface area contributed by atoms with Crippen molar-refractivity contribution in [3.05, 3.63) is 44.8 Å². The highest BCUT2D eigenvalue weighted by molar-refractivity contribution is 9.10. The Morgan fingerprint density at radius 2 is 2.38 bits per heavy atom. The molecule has 82 valence electrons. The third kappa shape index (κ3) is 2.68. The Bertz CT molecular complexity index is 485. The van der Waals surface area contributed by atoms with E-state index in [2.05, 4.69) is 20.9 Å². The molecule has 0 fully saturated rings. The van der Waals surface area contributed by atoms with Gasteiger partial charge in [0.05, 0.1) is 5.56 Å². The molecule has 1 aromatic heterocycles. The lowest BCUT2D eigenvalue weighted by atomic mass is 10.2. The van der Waals surface area contributed by atoms with Crippen molar-refractivity contribution >= 4 is 33.6 Å². The minimum Gasteiger partial charge on any atom is -0.486 e. The highest BCUT2D eigenvalue weighted by atomic mass is 79.9. The SMILES string of the molecule is O=Cc1cc(Br)ccc1OCc1nccs1. The van der Waals surface area contributed by atoms with Gasteiger partial charge in [-0.05, 0) is 18.2 Å². The molecule has 0 aliphatic heterocycles. The number of hydrogen-bond donors (Lipinski definition) is 0. The van der Waals surface area contributed by atoms with E-state index in [0.29, 0.717) is 17.9 Å². The van der Waals surface area contributed by atoms with Crippen LogP contribution in [0.2, 0.25) is 0 Å². The number of rotatable bonds is 4. The van der Waals surface area contributed by atoms with E-state index in [1.807, 2.05) is 11.4 Å². The second-order valence-corrected chi connectivity index (χ2v) is 4.91. The van der Waals surface area contributed by atoms with E-state index < -0.39 is 0 Å². The zero-order valence-electron chi connectivity index (χ0n) is 8.22. The maximum atomic E-state index is 10.8. The van der Waals surface area contributed by atoms with Gasteiger partial charge in [0.25, 0.3) is 0 Å². The quantitative estimate of drug-likeness (QED) is 0.813. The smallest absolute Gasteiger partial charge is 0.153 e. The number of benzene rings is 1. The normalized spacial score (nSPS) is 10.1. The molecule has 0 N–H and O–H groups in total. The predicted octanol–water partition coefficient (Wildman–Crippen LogP) is 3.30. The number of nitrogens with zero attached hydrogens (tertiary/aromatic N) is 1. The van der Waals surface area contributed by atoms with Crippen LogP contribution >= 0.6 is 27.3 Å². The summed E-state index contributed by atoms with van der Waals surface area (Å²) < 4.78 is 6.38. The van der Waals surface area contributed by atoms with Crippen LogP contribution in [-0.4, -0.2) is 11.3 Å². The third-order valence-electron chi connectivity index (χ3n) is 1.93. The van der Waals surface area contributed by atoms with Crippen LogP contribution in [-0.2, 0) is 6.61 Å². The zero-order valence-corrected chi connectivity index (χ0v) is 10.6. The van der Waals surface area contributed by atoms with Crippen molar-refractivity contribution in [2.24, 2.45) is 0 Å². The van der Waals surface area contributed by atoms with Crippen LogP contribution in [0.15, 0.2) is 34.2 Å². The first-order chi connectivity index (χ1) is 7.79. The number of hydrogen-bond acceptors (Lipinski definition) is 4.